The highest BCUT2D eigenvalue weighted by Gasteiger charge is 2.09. The molecule has 2 rings (SSSR count). The summed E-state index contributed by atoms with van der Waals surface area (Å²) < 4.78 is 6.55. The van der Waals surface area contributed by atoms with Crippen molar-refractivity contribution in [2.24, 2.45) is 0 Å². The molecule has 1 aromatic heterocycles. The molecule has 1 heterocycles. The zero-order chi connectivity index (χ0) is 15.2. The third-order valence-corrected chi connectivity index (χ3v) is 2.96. The standard InChI is InChI=1S/C15H19N3O3/c1-11-7-17-18(9-11)13-5-3-12(4-6-13)15(20)16-8-14(19)10-21-2/h3-7,9,14,19H,8,10H2,1-2H3,(H,16,20). The van der Waals surface area contributed by atoms with E-state index >= 15 is 0 Å². The zero-order valence-electron chi connectivity index (χ0n) is 12.1. The van der Waals surface area contributed by atoms with Gasteiger partial charge in [0.05, 0.1) is 24.6 Å². The number of methoxy groups -OCH3 is 1. The Balaban J connectivity index is 1.97. The molecule has 0 aliphatic heterocycles. The van der Waals surface area contributed by atoms with Crippen LogP contribution in [0, 0.1) is 6.92 Å². The van der Waals surface area contributed by atoms with E-state index in [1.54, 1.807) is 23.0 Å². The number of carbonyl (C=O) groups is 1. The quantitative estimate of drug-likeness (QED) is 0.829. The van der Waals surface area contributed by atoms with Gasteiger partial charge in [-0.15, -0.1) is 0 Å². The lowest BCUT2D eigenvalue weighted by atomic mass is 10.2. The van der Waals surface area contributed by atoms with Crippen molar-refractivity contribution in [3.8, 4) is 5.69 Å². The minimum Gasteiger partial charge on any atom is -0.389 e. The highest BCUT2D eigenvalue weighted by molar-refractivity contribution is 5.94. The van der Waals surface area contributed by atoms with E-state index in [2.05, 4.69) is 10.4 Å². The van der Waals surface area contributed by atoms with Crippen LogP contribution in [-0.2, 0) is 4.74 Å². The summed E-state index contributed by atoms with van der Waals surface area (Å²) in [5.74, 6) is -0.228. The summed E-state index contributed by atoms with van der Waals surface area (Å²) in [6.07, 6.45) is 2.99. The van der Waals surface area contributed by atoms with E-state index in [0.29, 0.717) is 5.56 Å². The minimum absolute atomic E-state index is 0.159. The van der Waals surface area contributed by atoms with Gasteiger partial charge in [-0.25, -0.2) is 4.68 Å². The molecular formula is C15H19N3O3. The highest BCUT2D eigenvalue weighted by Crippen LogP contribution is 2.10. The molecule has 0 bridgehead atoms. The molecule has 6 heteroatoms. The summed E-state index contributed by atoms with van der Waals surface area (Å²) in [7, 11) is 1.50. The monoisotopic (exact) mass is 289 g/mol. The lowest BCUT2D eigenvalue weighted by Gasteiger charge is -2.11. The molecule has 6 nitrogen and oxygen atoms in total. The van der Waals surface area contributed by atoms with Crippen LogP contribution in [0.1, 0.15) is 15.9 Å². The van der Waals surface area contributed by atoms with Gasteiger partial charge in [-0.05, 0) is 36.8 Å². The summed E-state index contributed by atoms with van der Waals surface area (Å²) in [5, 5.41) is 16.4. The smallest absolute Gasteiger partial charge is 0.251 e. The number of aliphatic hydroxyl groups is 1. The molecule has 1 unspecified atom stereocenters. The van der Waals surface area contributed by atoms with Crippen molar-refractivity contribution in [1.29, 1.82) is 0 Å². The van der Waals surface area contributed by atoms with Gasteiger partial charge < -0.3 is 15.2 Å². The number of amides is 1. The first-order valence-electron chi connectivity index (χ1n) is 6.67. The fraction of sp³-hybridized carbons (Fsp3) is 0.333. The Hall–Kier alpha value is -2.18. The normalized spacial score (nSPS) is 12.1. The number of carbonyl (C=O) groups excluding carboxylic acids is 1. The molecule has 0 aliphatic carbocycles. The van der Waals surface area contributed by atoms with E-state index in [4.69, 9.17) is 4.74 Å². The molecule has 21 heavy (non-hydrogen) atoms. The van der Waals surface area contributed by atoms with Crippen LogP contribution in [0.2, 0.25) is 0 Å². The Morgan fingerprint density at radius 3 is 2.71 bits per heavy atom. The van der Waals surface area contributed by atoms with Gasteiger partial charge in [-0.2, -0.15) is 5.10 Å². The van der Waals surface area contributed by atoms with Gasteiger partial charge in [0.25, 0.3) is 5.91 Å². The fourth-order valence-corrected chi connectivity index (χ4v) is 1.88. The Bertz CT molecular complexity index is 592. The molecule has 1 atom stereocenters. The van der Waals surface area contributed by atoms with Crippen LogP contribution in [0.4, 0.5) is 0 Å². The Kier molecular flexibility index (Phi) is 5.08. The Morgan fingerprint density at radius 1 is 1.43 bits per heavy atom. The van der Waals surface area contributed by atoms with Crippen LogP contribution in [0.3, 0.4) is 0 Å². The number of aryl methyl sites for hydroxylation is 1. The topological polar surface area (TPSA) is 76.4 Å². The molecule has 0 saturated heterocycles. The maximum atomic E-state index is 11.9. The molecule has 0 aliphatic rings. The lowest BCUT2D eigenvalue weighted by molar-refractivity contribution is 0.0610. The first-order chi connectivity index (χ1) is 10.1. The summed E-state index contributed by atoms with van der Waals surface area (Å²) >= 11 is 0. The largest absolute Gasteiger partial charge is 0.389 e. The van der Waals surface area contributed by atoms with Crippen LogP contribution < -0.4 is 5.32 Å². The van der Waals surface area contributed by atoms with E-state index in [0.717, 1.165) is 11.3 Å². The van der Waals surface area contributed by atoms with Crippen molar-refractivity contribution in [2.75, 3.05) is 20.3 Å². The summed E-state index contributed by atoms with van der Waals surface area (Å²) in [5.41, 5.74) is 2.50. The average molecular weight is 289 g/mol. The van der Waals surface area contributed by atoms with Gasteiger partial charge in [0.15, 0.2) is 0 Å². The van der Waals surface area contributed by atoms with Crippen LogP contribution in [-0.4, -0.2) is 47.2 Å². The van der Waals surface area contributed by atoms with E-state index in [1.165, 1.54) is 7.11 Å². The van der Waals surface area contributed by atoms with Crippen LogP contribution in [0.5, 0.6) is 0 Å². The second kappa shape index (κ2) is 7.01. The highest BCUT2D eigenvalue weighted by atomic mass is 16.5. The van der Waals surface area contributed by atoms with Gasteiger partial charge in [-0.3, -0.25) is 4.79 Å². The van der Waals surface area contributed by atoms with E-state index in [1.807, 2.05) is 25.3 Å². The number of aromatic nitrogens is 2. The Morgan fingerprint density at radius 2 is 2.14 bits per heavy atom. The average Bonchev–Trinajstić information content (AvgIpc) is 2.92. The molecule has 0 saturated carbocycles. The number of nitrogens with zero attached hydrogens (tertiary/aromatic N) is 2. The fourth-order valence-electron chi connectivity index (χ4n) is 1.88. The molecule has 1 amide bonds. The maximum absolute atomic E-state index is 11.9. The Labute approximate surface area is 123 Å². The molecule has 0 fully saturated rings. The van der Waals surface area contributed by atoms with Gasteiger partial charge in [-0.1, -0.05) is 0 Å². The molecule has 112 valence electrons. The second-order valence-electron chi connectivity index (χ2n) is 4.83. The van der Waals surface area contributed by atoms with Crippen molar-refractivity contribution < 1.29 is 14.6 Å². The van der Waals surface area contributed by atoms with Gasteiger partial charge >= 0.3 is 0 Å². The first kappa shape index (κ1) is 15.2. The number of ether oxygens (including phenoxy) is 1. The number of benzene rings is 1. The maximum Gasteiger partial charge on any atom is 0.251 e. The lowest BCUT2D eigenvalue weighted by Crippen LogP contribution is -2.34. The second-order valence-corrected chi connectivity index (χ2v) is 4.83. The predicted octanol–water partition coefficient (Wildman–Crippen LogP) is 0.918. The van der Waals surface area contributed by atoms with Crippen molar-refractivity contribution >= 4 is 5.91 Å². The third-order valence-electron chi connectivity index (χ3n) is 2.96. The molecular weight excluding hydrogens is 270 g/mol. The van der Waals surface area contributed by atoms with E-state index < -0.39 is 6.10 Å². The minimum atomic E-state index is -0.703. The SMILES string of the molecule is COCC(O)CNC(=O)c1ccc(-n2cc(C)cn2)cc1. The van der Waals surface area contributed by atoms with Crippen LogP contribution >= 0.6 is 0 Å². The number of aliphatic hydroxyl groups excluding tert-OH is 1. The molecule has 0 spiro atoms. The number of rotatable bonds is 6. The van der Waals surface area contributed by atoms with Crippen LogP contribution in [0.15, 0.2) is 36.7 Å². The van der Waals surface area contributed by atoms with Crippen molar-refractivity contribution in [2.45, 2.75) is 13.0 Å². The number of hydrogen-bond donors (Lipinski definition) is 2. The number of nitrogens with one attached hydrogen (secondary N) is 1. The van der Waals surface area contributed by atoms with E-state index in [9.17, 15) is 9.90 Å². The molecule has 0 radical (unpaired) electrons. The van der Waals surface area contributed by atoms with Gasteiger partial charge in [0, 0.05) is 25.4 Å². The van der Waals surface area contributed by atoms with Gasteiger partial charge in [0.1, 0.15) is 0 Å². The zero-order valence-corrected chi connectivity index (χ0v) is 12.1. The molecule has 2 N–H and O–H groups in total. The van der Waals surface area contributed by atoms with E-state index in [-0.39, 0.29) is 19.1 Å². The van der Waals surface area contributed by atoms with Gasteiger partial charge in [0.2, 0.25) is 0 Å². The molecule has 1 aromatic carbocycles. The third kappa shape index (κ3) is 4.14. The van der Waals surface area contributed by atoms with Crippen molar-refractivity contribution in [3.05, 3.63) is 47.8 Å². The summed E-state index contributed by atoms with van der Waals surface area (Å²) in [6, 6.07) is 7.11. The summed E-state index contributed by atoms with van der Waals surface area (Å²) in [4.78, 5) is 11.9. The number of hydrogen-bond acceptors (Lipinski definition) is 4. The first-order valence-corrected chi connectivity index (χ1v) is 6.67. The predicted molar refractivity (Wildman–Crippen MR) is 78.5 cm³/mol. The van der Waals surface area contributed by atoms with Crippen LogP contribution in [0.25, 0.3) is 5.69 Å². The summed E-state index contributed by atoms with van der Waals surface area (Å²) in [6.45, 7) is 2.32. The van der Waals surface area contributed by atoms with Crippen molar-refractivity contribution in [3.63, 3.8) is 0 Å². The van der Waals surface area contributed by atoms with Crippen molar-refractivity contribution in [1.82, 2.24) is 15.1 Å². The molecule has 2 aromatic rings.